The van der Waals surface area contributed by atoms with E-state index in [9.17, 15) is 20.2 Å². The molecule has 8 heteroatoms. The van der Waals surface area contributed by atoms with Gasteiger partial charge in [0, 0.05) is 42.6 Å². The molecule has 2 heterocycles. The second-order valence-electron chi connectivity index (χ2n) is 7.05. The van der Waals surface area contributed by atoms with Crippen molar-refractivity contribution in [2.24, 2.45) is 5.92 Å². The number of nitrogens with one attached hydrogen (secondary N) is 1. The van der Waals surface area contributed by atoms with E-state index >= 15 is 0 Å². The fraction of sp³-hybridized carbons (Fsp3) is 0.421. The zero-order valence-electron chi connectivity index (χ0n) is 15.3. The molecule has 1 fully saturated rings. The summed E-state index contributed by atoms with van der Waals surface area (Å²) in [5.74, 6) is 0.606. The second kappa shape index (κ2) is 7.58. The summed E-state index contributed by atoms with van der Waals surface area (Å²) < 4.78 is 0. The normalized spacial score (nSPS) is 17.0. The van der Waals surface area contributed by atoms with Gasteiger partial charge in [0.05, 0.1) is 22.1 Å². The van der Waals surface area contributed by atoms with E-state index in [0.29, 0.717) is 28.8 Å². The molecular weight excluding hydrogens is 346 g/mol. The first-order valence-electron chi connectivity index (χ1n) is 8.93. The van der Waals surface area contributed by atoms with Crippen molar-refractivity contribution in [2.45, 2.75) is 32.7 Å². The number of nitrogens with zero attached hydrogens (tertiary/aromatic N) is 4. The van der Waals surface area contributed by atoms with Crippen molar-refractivity contribution in [1.82, 2.24) is 10.3 Å². The van der Waals surface area contributed by atoms with E-state index in [1.807, 2.05) is 13.8 Å². The number of benzene rings is 1. The summed E-state index contributed by atoms with van der Waals surface area (Å²) in [6.07, 6.45) is 1.81. The Balaban J connectivity index is 1.90. The highest BCUT2D eigenvalue weighted by atomic mass is 16.6. The lowest BCUT2D eigenvalue weighted by Crippen LogP contribution is -2.49. The summed E-state index contributed by atoms with van der Waals surface area (Å²) in [5, 5.41) is 24.0. The molecule has 0 radical (unpaired) electrons. The third-order valence-corrected chi connectivity index (χ3v) is 4.73. The van der Waals surface area contributed by atoms with Crippen LogP contribution in [0.2, 0.25) is 0 Å². The van der Waals surface area contributed by atoms with Crippen LogP contribution in [0.4, 0.5) is 11.5 Å². The molecule has 0 saturated carbocycles. The van der Waals surface area contributed by atoms with Crippen LogP contribution in [0.3, 0.4) is 0 Å². The van der Waals surface area contributed by atoms with Gasteiger partial charge in [0.2, 0.25) is 5.91 Å². The first kappa shape index (κ1) is 18.6. The first-order chi connectivity index (χ1) is 12.9. The van der Waals surface area contributed by atoms with Gasteiger partial charge in [0.1, 0.15) is 5.82 Å². The third-order valence-electron chi connectivity index (χ3n) is 4.73. The van der Waals surface area contributed by atoms with Gasteiger partial charge in [0.15, 0.2) is 0 Å². The Morgan fingerprint density at radius 3 is 2.89 bits per heavy atom. The number of nitriles is 1. The van der Waals surface area contributed by atoms with Crippen LogP contribution in [0, 0.1) is 27.4 Å². The Hall–Kier alpha value is -3.21. The third kappa shape index (κ3) is 3.97. The molecule has 1 saturated heterocycles. The molecule has 2 aromatic rings. The highest BCUT2D eigenvalue weighted by molar-refractivity contribution is 5.88. The molecular formula is C19H21N5O3. The number of aromatic nitrogens is 1. The number of nitro groups is 1. The average Bonchev–Trinajstić information content (AvgIpc) is 2.66. The Morgan fingerprint density at radius 2 is 2.22 bits per heavy atom. The number of carbonyl (C=O) groups excluding carboxylic acids is 1. The number of pyridine rings is 1. The van der Waals surface area contributed by atoms with Crippen molar-refractivity contribution in [3.63, 3.8) is 0 Å². The van der Waals surface area contributed by atoms with Crippen molar-refractivity contribution >= 4 is 28.3 Å². The van der Waals surface area contributed by atoms with E-state index in [2.05, 4.69) is 21.3 Å². The smallest absolute Gasteiger partial charge is 0.270 e. The Morgan fingerprint density at radius 1 is 1.44 bits per heavy atom. The summed E-state index contributed by atoms with van der Waals surface area (Å²) in [7, 11) is 0. The van der Waals surface area contributed by atoms with Gasteiger partial charge in [-0.15, -0.1) is 0 Å². The van der Waals surface area contributed by atoms with Gasteiger partial charge in [-0.1, -0.05) is 13.8 Å². The summed E-state index contributed by atoms with van der Waals surface area (Å²) in [6.45, 7) is 5.12. The Labute approximate surface area is 156 Å². The van der Waals surface area contributed by atoms with E-state index in [0.717, 1.165) is 19.4 Å². The maximum absolute atomic E-state index is 12.0. The molecule has 1 amide bonds. The lowest BCUT2D eigenvalue weighted by Gasteiger charge is -2.34. The molecule has 1 aromatic carbocycles. The molecule has 140 valence electrons. The van der Waals surface area contributed by atoms with Crippen LogP contribution in [0.25, 0.3) is 10.9 Å². The molecule has 0 bridgehead atoms. The summed E-state index contributed by atoms with van der Waals surface area (Å²) in [4.78, 5) is 29.1. The molecule has 0 spiro atoms. The maximum Gasteiger partial charge on any atom is 0.270 e. The second-order valence-corrected chi connectivity index (χ2v) is 7.05. The lowest BCUT2D eigenvalue weighted by atomic mass is 10.0. The number of anilines is 1. The van der Waals surface area contributed by atoms with E-state index in [-0.39, 0.29) is 23.6 Å². The molecule has 1 aromatic heterocycles. The molecule has 1 N–H and O–H groups in total. The molecule has 1 aliphatic heterocycles. The highest BCUT2D eigenvalue weighted by Crippen LogP contribution is 2.27. The highest BCUT2D eigenvalue weighted by Gasteiger charge is 2.24. The van der Waals surface area contributed by atoms with Gasteiger partial charge in [-0.2, -0.15) is 5.26 Å². The van der Waals surface area contributed by atoms with E-state index in [4.69, 9.17) is 0 Å². The molecule has 1 atom stereocenters. The van der Waals surface area contributed by atoms with Gasteiger partial charge >= 0.3 is 0 Å². The molecule has 27 heavy (non-hydrogen) atoms. The Bertz CT molecular complexity index is 935. The zero-order valence-corrected chi connectivity index (χ0v) is 15.3. The van der Waals surface area contributed by atoms with Crippen molar-refractivity contribution in [1.29, 1.82) is 5.26 Å². The molecule has 8 nitrogen and oxygen atoms in total. The van der Waals surface area contributed by atoms with Crippen LogP contribution in [-0.4, -0.2) is 34.9 Å². The SMILES string of the molecule is CC(C)C(=O)NC1CCCN(c2cc(C#N)c3cc([N+](=O)[O-])ccc3n2)C1. The first-order valence-corrected chi connectivity index (χ1v) is 8.93. The van der Waals surface area contributed by atoms with Gasteiger partial charge in [-0.05, 0) is 25.0 Å². The van der Waals surface area contributed by atoms with Gasteiger partial charge < -0.3 is 10.2 Å². The lowest BCUT2D eigenvalue weighted by molar-refractivity contribution is -0.384. The quantitative estimate of drug-likeness (QED) is 0.657. The fourth-order valence-electron chi connectivity index (χ4n) is 3.24. The number of amides is 1. The van der Waals surface area contributed by atoms with Gasteiger partial charge in [-0.25, -0.2) is 4.98 Å². The minimum absolute atomic E-state index is 0.0262. The van der Waals surface area contributed by atoms with Crippen LogP contribution in [0.15, 0.2) is 24.3 Å². The molecule has 1 aliphatic rings. The predicted octanol–water partition coefficient (Wildman–Crippen LogP) is 2.76. The number of hydrogen-bond donors (Lipinski definition) is 1. The van der Waals surface area contributed by atoms with Crippen molar-refractivity contribution in [3.05, 3.63) is 39.9 Å². The monoisotopic (exact) mass is 367 g/mol. The summed E-state index contributed by atoms with van der Waals surface area (Å²) in [6, 6.07) is 8.16. The number of hydrogen-bond acceptors (Lipinski definition) is 6. The minimum atomic E-state index is -0.485. The number of nitro benzene ring substituents is 1. The predicted molar refractivity (Wildman–Crippen MR) is 101 cm³/mol. The van der Waals surface area contributed by atoms with Crippen molar-refractivity contribution in [3.8, 4) is 6.07 Å². The van der Waals surface area contributed by atoms with Crippen LogP contribution in [0.5, 0.6) is 0 Å². The summed E-state index contributed by atoms with van der Waals surface area (Å²) in [5.41, 5.74) is 0.831. The van der Waals surface area contributed by atoms with Crippen LogP contribution >= 0.6 is 0 Å². The zero-order chi connectivity index (χ0) is 19.6. The van der Waals surface area contributed by atoms with Crippen LogP contribution in [-0.2, 0) is 4.79 Å². The molecule has 1 unspecified atom stereocenters. The number of carbonyl (C=O) groups is 1. The topological polar surface area (TPSA) is 112 Å². The van der Waals surface area contributed by atoms with Gasteiger partial charge in [0.25, 0.3) is 5.69 Å². The Kier molecular flexibility index (Phi) is 5.21. The summed E-state index contributed by atoms with van der Waals surface area (Å²) >= 11 is 0. The standard InChI is InChI=1S/C19H21N5O3/c1-12(2)19(25)21-14-4-3-7-23(11-14)18-8-13(10-20)16-9-15(24(26)27)5-6-17(16)22-18/h5-6,8-9,12,14H,3-4,7,11H2,1-2H3,(H,21,25). The number of fused-ring (bicyclic) bond motifs is 1. The minimum Gasteiger partial charge on any atom is -0.355 e. The van der Waals surface area contributed by atoms with E-state index in [1.165, 1.54) is 12.1 Å². The molecule has 3 rings (SSSR count). The molecule has 0 aliphatic carbocycles. The van der Waals surface area contributed by atoms with Gasteiger partial charge in [-0.3, -0.25) is 14.9 Å². The van der Waals surface area contributed by atoms with Crippen LogP contribution in [0.1, 0.15) is 32.3 Å². The van der Waals surface area contributed by atoms with E-state index in [1.54, 1.807) is 12.1 Å². The average molecular weight is 367 g/mol. The van der Waals surface area contributed by atoms with Crippen molar-refractivity contribution < 1.29 is 9.72 Å². The number of rotatable bonds is 4. The maximum atomic E-state index is 12.0. The number of piperidine rings is 1. The van der Waals surface area contributed by atoms with Crippen LogP contribution < -0.4 is 10.2 Å². The van der Waals surface area contributed by atoms with E-state index < -0.39 is 4.92 Å². The largest absolute Gasteiger partial charge is 0.355 e. The van der Waals surface area contributed by atoms with Crippen molar-refractivity contribution in [2.75, 3.05) is 18.0 Å². The number of non-ortho nitro benzene ring substituents is 1. The fourth-order valence-corrected chi connectivity index (χ4v) is 3.24.